The average Bonchev–Trinajstić information content (AvgIpc) is 3.11. The third kappa shape index (κ3) is 3.09. The fourth-order valence-corrected chi connectivity index (χ4v) is 3.04. The van der Waals surface area contributed by atoms with E-state index in [-0.39, 0.29) is 0 Å². The Kier molecular flexibility index (Phi) is 4.12. The van der Waals surface area contributed by atoms with Crippen LogP contribution in [-0.4, -0.2) is 35.4 Å². The molecule has 2 aromatic heterocycles. The second-order valence-corrected chi connectivity index (χ2v) is 6.31. The molecule has 0 aliphatic heterocycles. The molecule has 3 rings (SSSR count). The number of hydrogen-bond donors (Lipinski definition) is 2. The Balaban J connectivity index is 1.79. The van der Waals surface area contributed by atoms with Gasteiger partial charge in [-0.3, -0.25) is 10.3 Å². The van der Waals surface area contributed by atoms with Crippen molar-refractivity contribution in [2.24, 2.45) is 17.9 Å². The van der Waals surface area contributed by atoms with Gasteiger partial charge in [0.25, 0.3) is 0 Å². The van der Waals surface area contributed by atoms with E-state index in [0.29, 0.717) is 5.96 Å². The third-order valence-corrected chi connectivity index (χ3v) is 4.56. The van der Waals surface area contributed by atoms with E-state index in [1.165, 1.54) is 16.2 Å². The maximum atomic E-state index is 5.74. The van der Waals surface area contributed by atoms with E-state index in [9.17, 15) is 0 Å². The molecule has 3 N–H and O–H groups in total. The summed E-state index contributed by atoms with van der Waals surface area (Å²) in [4.78, 5) is 1.21. The molecular weight excluding hydrogens is 308 g/mol. The number of fused-ring (bicyclic) bond motifs is 1. The summed E-state index contributed by atoms with van der Waals surface area (Å²) in [6, 6.07) is 8.27. The van der Waals surface area contributed by atoms with Crippen molar-refractivity contribution in [3.8, 4) is 11.3 Å². The quantitative estimate of drug-likeness (QED) is 0.326. The molecule has 0 atom stereocenters. The smallest absolute Gasteiger partial charge is 0.289 e. The Morgan fingerprint density at radius 2 is 2.09 bits per heavy atom. The van der Waals surface area contributed by atoms with Crippen LogP contribution in [0.4, 0.5) is 0 Å². The molecule has 3 aromatic rings. The zero-order valence-electron chi connectivity index (χ0n) is 13.4. The molecule has 7 heteroatoms. The predicted molar refractivity (Wildman–Crippen MR) is 93.9 cm³/mol. The summed E-state index contributed by atoms with van der Waals surface area (Å²) in [6.45, 7) is 0. The van der Waals surface area contributed by atoms with Crippen LogP contribution < -0.4 is 15.6 Å². The van der Waals surface area contributed by atoms with Gasteiger partial charge in [-0.15, -0.1) is 5.10 Å². The highest BCUT2D eigenvalue weighted by Crippen LogP contribution is 2.21. The molecule has 0 radical (unpaired) electrons. The average molecular weight is 328 g/mol. The normalized spacial score (nSPS) is 11.3. The van der Waals surface area contributed by atoms with E-state index >= 15 is 0 Å². The Hall–Kier alpha value is -2.67. The fourth-order valence-electron chi connectivity index (χ4n) is 2.23. The van der Waals surface area contributed by atoms with E-state index in [2.05, 4.69) is 56.4 Å². The van der Waals surface area contributed by atoms with Crippen LogP contribution in [0.1, 0.15) is 5.56 Å². The molecule has 0 unspecified atom stereocenters. The van der Waals surface area contributed by atoms with Crippen LogP contribution in [0.15, 0.2) is 47.1 Å². The lowest BCUT2D eigenvalue weighted by atomic mass is 10.1. The van der Waals surface area contributed by atoms with Crippen molar-refractivity contribution >= 4 is 28.5 Å². The molecule has 0 amide bonds. The van der Waals surface area contributed by atoms with Crippen molar-refractivity contribution < 1.29 is 8.98 Å². The molecule has 118 valence electrons. The highest BCUT2D eigenvalue weighted by Gasteiger charge is 2.16. The van der Waals surface area contributed by atoms with Crippen molar-refractivity contribution in [1.82, 2.24) is 9.99 Å². The van der Waals surface area contributed by atoms with Gasteiger partial charge >= 0.3 is 10.9 Å². The van der Waals surface area contributed by atoms with E-state index in [0.717, 1.165) is 5.56 Å². The number of benzene rings is 1. The van der Waals surface area contributed by atoms with Gasteiger partial charge in [-0.1, -0.05) is 23.5 Å². The van der Waals surface area contributed by atoms with Gasteiger partial charge in [0.05, 0.1) is 27.4 Å². The number of aryl methyl sites for hydroxylation is 1. The predicted octanol–water partition coefficient (Wildman–Crippen LogP) is 1.00. The molecule has 0 saturated heterocycles. The number of nitrogens with one attached hydrogen (secondary N) is 1. The molecule has 0 saturated carbocycles. The highest BCUT2D eigenvalue weighted by molar-refractivity contribution is 7.14. The van der Waals surface area contributed by atoms with Crippen molar-refractivity contribution in [2.75, 3.05) is 14.1 Å². The Morgan fingerprint density at radius 1 is 1.35 bits per heavy atom. The van der Waals surface area contributed by atoms with Crippen LogP contribution in [-0.2, 0) is 7.05 Å². The molecule has 2 heterocycles. The maximum Gasteiger partial charge on any atom is 0.366 e. The molecule has 0 fully saturated rings. The summed E-state index contributed by atoms with van der Waals surface area (Å²) in [5.74, 6) is 0.499. The first-order valence-corrected chi connectivity index (χ1v) is 8.07. The van der Waals surface area contributed by atoms with Gasteiger partial charge in [-0.2, -0.15) is 9.83 Å². The van der Waals surface area contributed by atoms with Gasteiger partial charge in [0.2, 0.25) is 0 Å². The second kappa shape index (κ2) is 6.21. The van der Waals surface area contributed by atoms with Crippen molar-refractivity contribution in [3.63, 3.8) is 0 Å². The number of aromatic nitrogens is 2. The first kappa shape index (κ1) is 15.2. The third-order valence-electron chi connectivity index (χ3n) is 3.61. The lowest BCUT2D eigenvalue weighted by Crippen LogP contribution is -2.34. The van der Waals surface area contributed by atoms with Gasteiger partial charge in [0, 0.05) is 10.9 Å². The molecule has 1 aromatic carbocycles. The maximum absolute atomic E-state index is 5.74. The van der Waals surface area contributed by atoms with E-state index in [1.54, 1.807) is 22.1 Å². The van der Waals surface area contributed by atoms with Gasteiger partial charge in [-0.05, 0) is 17.7 Å². The molecule has 0 aliphatic carbocycles. The van der Waals surface area contributed by atoms with Gasteiger partial charge in [0.1, 0.15) is 12.4 Å². The molecule has 0 bridgehead atoms. The lowest BCUT2D eigenvalue weighted by molar-refractivity contribution is -0.505. The molecule has 0 aliphatic rings. The van der Waals surface area contributed by atoms with Crippen LogP contribution in [0.25, 0.3) is 16.2 Å². The molecule has 6 nitrogen and oxygen atoms in total. The van der Waals surface area contributed by atoms with Gasteiger partial charge in [0.15, 0.2) is 5.69 Å². The SMILES string of the molecule is Cn1c(-c2ccc(/C=N\NC(N)=[N+](C)C)cc2)c[n+]2ccsc12. The van der Waals surface area contributed by atoms with Crippen LogP contribution in [0.2, 0.25) is 0 Å². The summed E-state index contributed by atoms with van der Waals surface area (Å²) in [5, 5.41) is 6.21. The van der Waals surface area contributed by atoms with E-state index in [1.807, 2.05) is 26.2 Å². The number of guanidine groups is 1. The Morgan fingerprint density at radius 3 is 2.74 bits per heavy atom. The van der Waals surface area contributed by atoms with Crippen molar-refractivity contribution in [3.05, 3.63) is 47.6 Å². The molecular formula is C16H20N6S+2. The number of imidazole rings is 1. The first-order valence-electron chi connectivity index (χ1n) is 7.19. The summed E-state index contributed by atoms with van der Waals surface area (Å²) in [6.07, 6.45) is 5.96. The van der Waals surface area contributed by atoms with Crippen LogP contribution >= 0.6 is 11.3 Å². The summed E-state index contributed by atoms with van der Waals surface area (Å²) < 4.78 is 6.10. The lowest BCUT2D eigenvalue weighted by Gasteiger charge is -1.98. The number of rotatable bonds is 3. The van der Waals surface area contributed by atoms with Crippen molar-refractivity contribution in [1.29, 1.82) is 0 Å². The number of thiazole rings is 1. The number of hydrazone groups is 1. The number of hydrogen-bond acceptors (Lipinski definition) is 2. The largest absolute Gasteiger partial charge is 0.366 e. The summed E-state index contributed by atoms with van der Waals surface area (Å²) >= 11 is 1.73. The van der Waals surface area contributed by atoms with Gasteiger partial charge < -0.3 is 0 Å². The van der Waals surface area contributed by atoms with Crippen molar-refractivity contribution in [2.45, 2.75) is 0 Å². The standard InChI is InChI=1S/C16H19N6S/c1-20(2)15(17)19-18-10-12-4-6-13(7-5-12)14-11-22-8-9-23-16(22)21(14)3/h4-11H,1-3H3,(H2,17,19)/q+1/p+1/b18-10-. The summed E-state index contributed by atoms with van der Waals surface area (Å²) in [5.41, 5.74) is 11.9. The van der Waals surface area contributed by atoms with E-state index in [4.69, 9.17) is 5.73 Å². The minimum atomic E-state index is 0.499. The highest BCUT2D eigenvalue weighted by atomic mass is 32.1. The molecule has 23 heavy (non-hydrogen) atoms. The minimum Gasteiger partial charge on any atom is -0.289 e. The van der Waals surface area contributed by atoms with Crippen LogP contribution in [0.3, 0.4) is 0 Å². The zero-order chi connectivity index (χ0) is 16.4. The topological polar surface area (TPSA) is 62.5 Å². The van der Waals surface area contributed by atoms with E-state index < -0.39 is 0 Å². The zero-order valence-corrected chi connectivity index (χ0v) is 14.2. The minimum absolute atomic E-state index is 0.499. The first-order chi connectivity index (χ1) is 11.1. The fraction of sp³-hybridized carbons (Fsp3) is 0.188. The molecule has 0 spiro atoms. The summed E-state index contributed by atoms with van der Waals surface area (Å²) in [7, 11) is 5.80. The monoisotopic (exact) mass is 328 g/mol. The Bertz CT molecular complexity index is 881. The Labute approximate surface area is 138 Å². The van der Waals surface area contributed by atoms with Gasteiger partial charge in [-0.25, -0.2) is 4.57 Å². The number of nitrogens with zero attached hydrogens (tertiary/aromatic N) is 4. The number of nitrogens with two attached hydrogens (primary N) is 1. The van der Waals surface area contributed by atoms with Crippen LogP contribution in [0, 0.1) is 0 Å². The second-order valence-electron chi connectivity index (χ2n) is 5.44. The van der Waals surface area contributed by atoms with Crippen LogP contribution in [0.5, 0.6) is 0 Å².